The van der Waals surface area contributed by atoms with Crippen LogP contribution in [0.1, 0.15) is 34.1 Å². The van der Waals surface area contributed by atoms with Gasteiger partial charge < -0.3 is 11.5 Å². The van der Waals surface area contributed by atoms with Crippen LogP contribution in [-0.4, -0.2) is 22.4 Å². The number of nitrogens with two attached hydrogens (primary N) is 2. The summed E-state index contributed by atoms with van der Waals surface area (Å²) in [5.74, 6) is 1.34. The van der Waals surface area contributed by atoms with E-state index in [9.17, 15) is 4.79 Å². The summed E-state index contributed by atoms with van der Waals surface area (Å²) in [5, 5.41) is 0.375. The average Bonchev–Trinajstić information content (AvgIpc) is 1.99. The summed E-state index contributed by atoms with van der Waals surface area (Å²) in [4.78, 5) is 11.0. The highest BCUT2D eigenvalue weighted by molar-refractivity contribution is 7.99. The monoisotopic (exact) mass is 218 g/mol. The fourth-order valence-corrected chi connectivity index (χ4v) is 2.29. The molecule has 0 fully saturated rings. The lowest BCUT2D eigenvalue weighted by Gasteiger charge is -2.24. The second-order valence-corrected chi connectivity index (χ2v) is 6.00. The van der Waals surface area contributed by atoms with Crippen molar-refractivity contribution in [2.24, 2.45) is 17.4 Å². The van der Waals surface area contributed by atoms with Gasteiger partial charge in [-0.05, 0) is 25.0 Å². The molecule has 0 aliphatic carbocycles. The number of amides is 1. The standard InChI is InChI=1S/C10H22N2OS/c1-7(2)6-14-8(3)5-10(4,12)9(11)13/h7-8H,5-6,12H2,1-4H3,(H2,11,13). The van der Waals surface area contributed by atoms with Crippen LogP contribution >= 0.6 is 11.8 Å². The lowest BCUT2D eigenvalue weighted by Crippen LogP contribution is -2.50. The van der Waals surface area contributed by atoms with Crippen LogP contribution in [0, 0.1) is 5.92 Å². The van der Waals surface area contributed by atoms with E-state index in [0.717, 1.165) is 5.75 Å². The Morgan fingerprint density at radius 1 is 1.43 bits per heavy atom. The van der Waals surface area contributed by atoms with Gasteiger partial charge in [-0.2, -0.15) is 11.8 Å². The molecule has 0 heterocycles. The van der Waals surface area contributed by atoms with E-state index in [1.807, 2.05) is 11.8 Å². The highest BCUT2D eigenvalue weighted by atomic mass is 32.2. The third-order valence-corrected chi connectivity index (χ3v) is 3.58. The lowest BCUT2D eigenvalue weighted by atomic mass is 9.97. The number of hydrogen-bond donors (Lipinski definition) is 2. The van der Waals surface area contributed by atoms with Crippen LogP contribution < -0.4 is 11.5 Å². The van der Waals surface area contributed by atoms with Crippen LogP contribution in [0.3, 0.4) is 0 Å². The molecule has 0 spiro atoms. The molecule has 0 radical (unpaired) electrons. The van der Waals surface area contributed by atoms with E-state index in [2.05, 4.69) is 20.8 Å². The molecule has 2 unspecified atom stereocenters. The third kappa shape index (κ3) is 5.50. The van der Waals surface area contributed by atoms with E-state index in [0.29, 0.717) is 17.6 Å². The Balaban J connectivity index is 3.93. The molecule has 2 atom stereocenters. The van der Waals surface area contributed by atoms with Crippen molar-refractivity contribution in [3.63, 3.8) is 0 Å². The highest BCUT2D eigenvalue weighted by Crippen LogP contribution is 2.22. The topological polar surface area (TPSA) is 69.1 Å². The molecule has 84 valence electrons. The van der Waals surface area contributed by atoms with E-state index < -0.39 is 11.4 Å². The van der Waals surface area contributed by atoms with Gasteiger partial charge in [0.05, 0.1) is 5.54 Å². The molecule has 0 aliphatic rings. The summed E-state index contributed by atoms with van der Waals surface area (Å²) in [6.07, 6.45) is 0.639. The minimum Gasteiger partial charge on any atom is -0.368 e. The predicted octanol–water partition coefficient (Wildman–Crippen LogP) is 1.36. The van der Waals surface area contributed by atoms with Crippen LogP contribution in [0.25, 0.3) is 0 Å². The maximum absolute atomic E-state index is 11.0. The SMILES string of the molecule is CC(C)CSC(C)CC(C)(N)C(N)=O. The van der Waals surface area contributed by atoms with Crippen molar-refractivity contribution in [3.8, 4) is 0 Å². The molecule has 0 aliphatic heterocycles. The second-order valence-electron chi connectivity index (χ2n) is 4.52. The van der Waals surface area contributed by atoms with Gasteiger partial charge in [0, 0.05) is 5.25 Å². The van der Waals surface area contributed by atoms with E-state index in [1.54, 1.807) is 6.92 Å². The van der Waals surface area contributed by atoms with E-state index in [1.165, 1.54) is 0 Å². The molecular formula is C10H22N2OS. The maximum atomic E-state index is 11.0. The first-order valence-corrected chi connectivity index (χ1v) is 6.01. The molecular weight excluding hydrogens is 196 g/mol. The Bertz CT molecular complexity index is 193. The number of carbonyl (C=O) groups is 1. The number of rotatable bonds is 6. The molecule has 0 aromatic carbocycles. The summed E-state index contributed by atoms with van der Waals surface area (Å²) in [6, 6.07) is 0. The Kier molecular flexibility index (Phi) is 5.52. The van der Waals surface area contributed by atoms with Gasteiger partial charge in [-0.25, -0.2) is 0 Å². The van der Waals surface area contributed by atoms with E-state index in [-0.39, 0.29) is 0 Å². The maximum Gasteiger partial charge on any atom is 0.237 e. The smallest absolute Gasteiger partial charge is 0.237 e. The highest BCUT2D eigenvalue weighted by Gasteiger charge is 2.27. The van der Waals surface area contributed by atoms with Gasteiger partial charge in [0.25, 0.3) is 0 Å². The number of carbonyl (C=O) groups excluding carboxylic acids is 1. The van der Waals surface area contributed by atoms with Crippen LogP contribution in [0.5, 0.6) is 0 Å². The zero-order chi connectivity index (χ0) is 11.4. The Morgan fingerprint density at radius 2 is 1.93 bits per heavy atom. The van der Waals surface area contributed by atoms with Crippen LogP contribution in [-0.2, 0) is 4.79 Å². The van der Waals surface area contributed by atoms with Crippen LogP contribution in [0.2, 0.25) is 0 Å². The van der Waals surface area contributed by atoms with Gasteiger partial charge in [0.1, 0.15) is 0 Å². The zero-order valence-electron chi connectivity index (χ0n) is 9.54. The third-order valence-electron chi connectivity index (χ3n) is 1.99. The van der Waals surface area contributed by atoms with Crippen molar-refractivity contribution >= 4 is 17.7 Å². The molecule has 0 saturated carbocycles. The second kappa shape index (κ2) is 5.61. The van der Waals surface area contributed by atoms with Crippen molar-refractivity contribution in [2.45, 2.75) is 44.9 Å². The van der Waals surface area contributed by atoms with Crippen molar-refractivity contribution in [1.29, 1.82) is 0 Å². The number of primary amides is 1. The first kappa shape index (κ1) is 13.8. The zero-order valence-corrected chi connectivity index (χ0v) is 10.4. The average molecular weight is 218 g/mol. The van der Waals surface area contributed by atoms with Crippen molar-refractivity contribution < 1.29 is 4.79 Å². The molecule has 1 amide bonds. The van der Waals surface area contributed by atoms with Gasteiger partial charge in [0.15, 0.2) is 0 Å². The van der Waals surface area contributed by atoms with Crippen molar-refractivity contribution in [1.82, 2.24) is 0 Å². The molecule has 0 aromatic rings. The van der Waals surface area contributed by atoms with Gasteiger partial charge in [0.2, 0.25) is 5.91 Å². The van der Waals surface area contributed by atoms with Crippen molar-refractivity contribution in [3.05, 3.63) is 0 Å². The Hall–Kier alpha value is -0.220. The van der Waals surface area contributed by atoms with Gasteiger partial charge >= 0.3 is 0 Å². The first-order valence-electron chi connectivity index (χ1n) is 4.96. The number of hydrogen-bond acceptors (Lipinski definition) is 3. The quantitative estimate of drug-likeness (QED) is 0.707. The Morgan fingerprint density at radius 3 is 2.29 bits per heavy atom. The van der Waals surface area contributed by atoms with E-state index in [4.69, 9.17) is 11.5 Å². The molecule has 14 heavy (non-hydrogen) atoms. The molecule has 0 saturated heterocycles. The fourth-order valence-electron chi connectivity index (χ4n) is 1.11. The molecule has 3 nitrogen and oxygen atoms in total. The van der Waals surface area contributed by atoms with E-state index >= 15 is 0 Å². The lowest BCUT2D eigenvalue weighted by molar-refractivity contribution is -0.122. The summed E-state index contributed by atoms with van der Waals surface area (Å²) >= 11 is 1.84. The summed E-state index contributed by atoms with van der Waals surface area (Å²) in [6.45, 7) is 8.13. The first-order chi connectivity index (χ1) is 6.25. The summed E-state index contributed by atoms with van der Waals surface area (Å²) in [7, 11) is 0. The fraction of sp³-hybridized carbons (Fsp3) is 0.900. The number of thioether (sulfide) groups is 1. The minimum atomic E-state index is -0.872. The normalized spacial score (nSPS) is 17.9. The largest absolute Gasteiger partial charge is 0.368 e. The Labute approximate surface area is 91.0 Å². The predicted molar refractivity (Wildman–Crippen MR) is 63.2 cm³/mol. The molecule has 0 aromatic heterocycles. The minimum absolute atomic E-state index is 0.375. The van der Waals surface area contributed by atoms with Crippen LogP contribution in [0.4, 0.5) is 0 Å². The van der Waals surface area contributed by atoms with Gasteiger partial charge in [-0.1, -0.05) is 20.8 Å². The summed E-state index contributed by atoms with van der Waals surface area (Å²) in [5.41, 5.74) is 10.1. The molecule has 0 bridgehead atoms. The summed E-state index contributed by atoms with van der Waals surface area (Å²) < 4.78 is 0. The molecule has 4 heteroatoms. The van der Waals surface area contributed by atoms with Gasteiger partial charge in [-0.3, -0.25) is 4.79 Å². The molecule has 0 rings (SSSR count). The van der Waals surface area contributed by atoms with Gasteiger partial charge in [-0.15, -0.1) is 0 Å². The molecule has 4 N–H and O–H groups in total. The van der Waals surface area contributed by atoms with Crippen molar-refractivity contribution in [2.75, 3.05) is 5.75 Å². The van der Waals surface area contributed by atoms with Crippen LogP contribution in [0.15, 0.2) is 0 Å².